The molecule has 0 heterocycles. The summed E-state index contributed by atoms with van der Waals surface area (Å²) in [6.07, 6.45) is 3.69. The normalized spacial score (nSPS) is 20.9. The third-order valence-corrected chi connectivity index (χ3v) is 2.65. The average Bonchev–Trinajstić information content (AvgIpc) is 2.48. The number of rotatable bonds is 3. The Hall–Kier alpha value is -0.610. The van der Waals surface area contributed by atoms with E-state index >= 15 is 0 Å². The maximum atomic E-state index is 11.7. The van der Waals surface area contributed by atoms with E-state index in [0.717, 1.165) is 25.7 Å². The van der Waals surface area contributed by atoms with E-state index in [1.807, 2.05) is 13.8 Å². The van der Waals surface area contributed by atoms with Crippen LogP contribution in [0.15, 0.2) is 0 Å². The Kier molecular flexibility index (Phi) is 3.17. The number of hydrogen-bond donors (Lipinski definition) is 3. The third kappa shape index (κ3) is 2.96. The second kappa shape index (κ2) is 3.87. The molecule has 0 radical (unpaired) electrons. The molecule has 1 aliphatic rings. The Morgan fingerprint density at radius 2 is 1.93 bits per heavy atom. The molecular formula is C10H21N3O. The maximum Gasteiger partial charge on any atom is 0.240 e. The summed E-state index contributed by atoms with van der Waals surface area (Å²) in [5.41, 5.74) is 10.7. The van der Waals surface area contributed by atoms with E-state index in [9.17, 15) is 4.79 Å². The van der Waals surface area contributed by atoms with Gasteiger partial charge in [0.25, 0.3) is 0 Å². The van der Waals surface area contributed by atoms with Crippen molar-refractivity contribution >= 4 is 5.91 Å². The van der Waals surface area contributed by atoms with Gasteiger partial charge in [0.1, 0.15) is 0 Å². The van der Waals surface area contributed by atoms with Gasteiger partial charge >= 0.3 is 0 Å². The number of hydrogen-bond acceptors (Lipinski definition) is 3. The van der Waals surface area contributed by atoms with Crippen LogP contribution in [0.1, 0.15) is 39.5 Å². The van der Waals surface area contributed by atoms with Gasteiger partial charge in [0.05, 0.1) is 5.54 Å². The molecule has 0 aromatic carbocycles. The van der Waals surface area contributed by atoms with Gasteiger partial charge in [-0.05, 0) is 26.7 Å². The molecule has 5 N–H and O–H groups in total. The van der Waals surface area contributed by atoms with E-state index in [4.69, 9.17) is 11.5 Å². The fourth-order valence-corrected chi connectivity index (χ4v) is 1.72. The van der Waals surface area contributed by atoms with Crippen LogP contribution >= 0.6 is 0 Å². The van der Waals surface area contributed by atoms with Crippen molar-refractivity contribution in [3.8, 4) is 0 Å². The average molecular weight is 199 g/mol. The van der Waals surface area contributed by atoms with Crippen molar-refractivity contribution in [2.24, 2.45) is 11.5 Å². The molecule has 4 nitrogen and oxygen atoms in total. The van der Waals surface area contributed by atoms with Crippen LogP contribution in [0.2, 0.25) is 0 Å². The first-order chi connectivity index (χ1) is 6.33. The molecule has 0 aliphatic heterocycles. The quantitative estimate of drug-likeness (QED) is 0.603. The van der Waals surface area contributed by atoms with E-state index < -0.39 is 5.54 Å². The van der Waals surface area contributed by atoms with Gasteiger partial charge in [-0.2, -0.15) is 0 Å². The van der Waals surface area contributed by atoms with Crippen molar-refractivity contribution < 1.29 is 4.79 Å². The van der Waals surface area contributed by atoms with Gasteiger partial charge < -0.3 is 16.8 Å². The predicted octanol–water partition coefficient (Wildman–Crippen LogP) is 0.111. The Bertz CT molecular complexity index is 214. The predicted molar refractivity (Wildman–Crippen MR) is 56.7 cm³/mol. The van der Waals surface area contributed by atoms with Crippen LogP contribution in [0, 0.1) is 0 Å². The first-order valence-electron chi connectivity index (χ1n) is 5.20. The van der Waals surface area contributed by atoms with Gasteiger partial charge in [-0.1, -0.05) is 12.8 Å². The van der Waals surface area contributed by atoms with Gasteiger partial charge in [-0.15, -0.1) is 0 Å². The molecule has 4 heteroatoms. The molecule has 82 valence electrons. The highest BCUT2D eigenvalue weighted by Gasteiger charge is 2.37. The molecule has 0 unspecified atom stereocenters. The molecule has 1 saturated carbocycles. The second-order valence-electron chi connectivity index (χ2n) is 5.03. The highest BCUT2D eigenvalue weighted by atomic mass is 16.2. The highest BCUT2D eigenvalue weighted by Crippen LogP contribution is 2.27. The molecular weight excluding hydrogens is 178 g/mol. The lowest BCUT2D eigenvalue weighted by Gasteiger charge is -2.25. The Morgan fingerprint density at radius 3 is 2.36 bits per heavy atom. The minimum absolute atomic E-state index is 0.0477. The van der Waals surface area contributed by atoms with Crippen LogP contribution in [0.4, 0.5) is 0 Å². The standard InChI is InChI=1S/C10H21N3O/c1-9(2,11)7-13-8(14)10(12)5-3-4-6-10/h3-7,11-12H2,1-2H3,(H,13,14). The second-order valence-corrected chi connectivity index (χ2v) is 5.03. The van der Waals surface area contributed by atoms with Crippen LogP contribution in [-0.2, 0) is 4.79 Å². The van der Waals surface area contributed by atoms with E-state index in [0.29, 0.717) is 6.54 Å². The summed E-state index contributed by atoms with van der Waals surface area (Å²) in [7, 11) is 0. The van der Waals surface area contributed by atoms with E-state index in [-0.39, 0.29) is 11.4 Å². The van der Waals surface area contributed by atoms with Crippen molar-refractivity contribution in [3.05, 3.63) is 0 Å². The summed E-state index contributed by atoms with van der Waals surface area (Å²) in [5.74, 6) is -0.0477. The molecule has 14 heavy (non-hydrogen) atoms. The molecule has 0 spiro atoms. The highest BCUT2D eigenvalue weighted by molar-refractivity contribution is 5.86. The molecule has 0 aromatic rings. The molecule has 1 rings (SSSR count). The lowest BCUT2D eigenvalue weighted by atomic mass is 9.97. The first kappa shape index (κ1) is 11.5. The van der Waals surface area contributed by atoms with Crippen LogP contribution in [-0.4, -0.2) is 23.5 Å². The summed E-state index contributed by atoms with van der Waals surface area (Å²) in [6, 6.07) is 0. The number of amides is 1. The lowest BCUT2D eigenvalue weighted by Crippen LogP contribution is -2.55. The van der Waals surface area contributed by atoms with E-state index in [1.54, 1.807) is 0 Å². The van der Waals surface area contributed by atoms with Crippen LogP contribution in [0.5, 0.6) is 0 Å². The third-order valence-electron chi connectivity index (χ3n) is 2.65. The summed E-state index contributed by atoms with van der Waals surface area (Å²) < 4.78 is 0. The SMILES string of the molecule is CC(C)(N)CNC(=O)C1(N)CCCC1. The molecule has 0 atom stereocenters. The zero-order valence-electron chi connectivity index (χ0n) is 9.10. The molecule has 1 aliphatic carbocycles. The van der Waals surface area contributed by atoms with E-state index in [2.05, 4.69) is 5.32 Å². The van der Waals surface area contributed by atoms with Crippen molar-refractivity contribution in [3.63, 3.8) is 0 Å². The van der Waals surface area contributed by atoms with Crippen LogP contribution in [0.25, 0.3) is 0 Å². The summed E-state index contributed by atoms with van der Waals surface area (Å²) in [5, 5.41) is 2.82. The monoisotopic (exact) mass is 199 g/mol. The zero-order valence-corrected chi connectivity index (χ0v) is 9.10. The Morgan fingerprint density at radius 1 is 1.43 bits per heavy atom. The first-order valence-corrected chi connectivity index (χ1v) is 5.20. The van der Waals surface area contributed by atoms with Gasteiger partial charge in [-0.3, -0.25) is 4.79 Å². The summed E-state index contributed by atoms with van der Waals surface area (Å²) in [6.45, 7) is 4.24. The number of carbonyl (C=O) groups is 1. The fourth-order valence-electron chi connectivity index (χ4n) is 1.72. The number of nitrogens with one attached hydrogen (secondary N) is 1. The molecule has 0 saturated heterocycles. The minimum Gasteiger partial charge on any atom is -0.353 e. The van der Waals surface area contributed by atoms with Gasteiger partial charge in [0.2, 0.25) is 5.91 Å². The van der Waals surface area contributed by atoms with Crippen molar-refractivity contribution in [2.75, 3.05) is 6.54 Å². The summed E-state index contributed by atoms with van der Waals surface area (Å²) >= 11 is 0. The van der Waals surface area contributed by atoms with Gasteiger partial charge in [-0.25, -0.2) is 0 Å². The van der Waals surface area contributed by atoms with E-state index in [1.165, 1.54) is 0 Å². The molecule has 1 amide bonds. The van der Waals surface area contributed by atoms with Gasteiger partial charge in [0, 0.05) is 12.1 Å². The Labute approximate surface area is 85.4 Å². The van der Waals surface area contributed by atoms with Crippen molar-refractivity contribution in [1.82, 2.24) is 5.32 Å². The maximum absolute atomic E-state index is 11.7. The summed E-state index contributed by atoms with van der Waals surface area (Å²) in [4.78, 5) is 11.7. The smallest absolute Gasteiger partial charge is 0.240 e. The molecule has 0 aromatic heterocycles. The van der Waals surface area contributed by atoms with Crippen LogP contribution < -0.4 is 16.8 Å². The topological polar surface area (TPSA) is 81.1 Å². The van der Waals surface area contributed by atoms with Crippen molar-refractivity contribution in [2.45, 2.75) is 50.6 Å². The largest absolute Gasteiger partial charge is 0.353 e. The lowest BCUT2D eigenvalue weighted by molar-refractivity contribution is -0.126. The van der Waals surface area contributed by atoms with Gasteiger partial charge in [0.15, 0.2) is 0 Å². The molecule has 0 bridgehead atoms. The minimum atomic E-state index is -0.634. The van der Waals surface area contributed by atoms with Crippen molar-refractivity contribution in [1.29, 1.82) is 0 Å². The zero-order chi connectivity index (χ0) is 10.8. The van der Waals surface area contributed by atoms with Crippen LogP contribution in [0.3, 0.4) is 0 Å². The number of carbonyl (C=O) groups excluding carboxylic acids is 1. The number of nitrogens with two attached hydrogens (primary N) is 2. The molecule has 1 fully saturated rings. The fraction of sp³-hybridized carbons (Fsp3) is 0.900. The Balaban J connectivity index is 2.42.